The Labute approximate surface area is 88.4 Å². The molecule has 1 heterocycles. The van der Waals surface area contributed by atoms with Crippen molar-refractivity contribution in [2.75, 3.05) is 13.6 Å². The van der Waals surface area contributed by atoms with Gasteiger partial charge in [-0.2, -0.15) is 0 Å². The molecule has 0 aromatic heterocycles. The van der Waals surface area contributed by atoms with Gasteiger partial charge in [-0.1, -0.05) is 0 Å². The topological polar surface area (TPSA) is 95.7 Å². The van der Waals surface area contributed by atoms with Gasteiger partial charge in [0.1, 0.15) is 6.04 Å². The van der Waals surface area contributed by atoms with Crippen LogP contribution in [-0.4, -0.2) is 53.6 Å². The number of rotatable bonds is 3. The number of β-amino-alcohol motifs (C(OH)–C–C–N with tert-alkyl or cyclic N) is 1. The highest BCUT2D eigenvalue weighted by Crippen LogP contribution is 2.18. The lowest BCUT2D eigenvalue weighted by atomic mass is 10.2. The van der Waals surface area contributed by atoms with Crippen LogP contribution in [0.25, 0.3) is 0 Å². The minimum Gasteiger partial charge on any atom is -0.391 e. The van der Waals surface area contributed by atoms with Gasteiger partial charge in [0.05, 0.1) is 12.1 Å². The molecule has 1 fully saturated rings. The molecule has 0 spiro atoms. The largest absolute Gasteiger partial charge is 0.391 e. The third-order valence-corrected chi connectivity index (χ3v) is 2.69. The number of aliphatic hydroxyl groups is 1. The molecule has 4 N–H and O–H groups in total. The van der Waals surface area contributed by atoms with E-state index in [1.807, 2.05) is 0 Å². The molecule has 3 atom stereocenters. The van der Waals surface area contributed by atoms with Gasteiger partial charge in [-0.3, -0.25) is 9.59 Å². The van der Waals surface area contributed by atoms with E-state index in [4.69, 9.17) is 5.73 Å². The molecule has 3 unspecified atom stereocenters. The van der Waals surface area contributed by atoms with Crippen LogP contribution in [0.5, 0.6) is 0 Å². The summed E-state index contributed by atoms with van der Waals surface area (Å²) in [6.45, 7) is 1.88. The fourth-order valence-electron chi connectivity index (χ4n) is 1.70. The standard InChI is InChI=1S/C9H17N3O3/c1-5(11-2)9(15)12-4-6(13)3-7(12)8(10)14/h5-7,11,13H,3-4H2,1-2H3,(H2,10,14). The first-order chi connectivity index (χ1) is 6.97. The second-order valence-electron chi connectivity index (χ2n) is 3.81. The van der Waals surface area contributed by atoms with Crippen molar-refractivity contribution >= 4 is 11.8 Å². The Bertz CT molecular complexity index is 269. The normalized spacial score (nSPS) is 27.8. The van der Waals surface area contributed by atoms with Crippen LogP contribution in [0.3, 0.4) is 0 Å². The number of likely N-dealkylation sites (tertiary alicyclic amines) is 1. The lowest BCUT2D eigenvalue weighted by Crippen LogP contribution is -2.50. The summed E-state index contributed by atoms with van der Waals surface area (Å²) in [7, 11) is 1.66. The SMILES string of the molecule is CNC(C)C(=O)N1CC(O)CC1C(N)=O. The van der Waals surface area contributed by atoms with Gasteiger partial charge in [0.2, 0.25) is 11.8 Å². The zero-order chi connectivity index (χ0) is 11.6. The summed E-state index contributed by atoms with van der Waals surface area (Å²) in [6, 6.07) is -1.06. The molecular weight excluding hydrogens is 198 g/mol. The van der Waals surface area contributed by atoms with E-state index in [2.05, 4.69) is 5.32 Å². The number of primary amides is 1. The molecule has 0 aromatic carbocycles. The van der Waals surface area contributed by atoms with Gasteiger partial charge < -0.3 is 21.1 Å². The third-order valence-electron chi connectivity index (χ3n) is 2.69. The van der Waals surface area contributed by atoms with Crippen LogP contribution in [-0.2, 0) is 9.59 Å². The Balaban J connectivity index is 2.75. The van der Waals surface area contributed by atoms with Crippen molar-refractivity contribution in [3.8, 4) is 0 Å². The summed E-state index contributed by atoms with van der Waals surface area (Å²) in [6.07, 6.45) is -0.423. The van der Waals surface area contributed by atoms with Gasteiger partial charge in [-0.15, -0.1) is 0 Å². The average Bonchev–Trinajstić information content (AvgIpc) is 2.58. The van der Waals surface area contributed by atoms with E-state index in [9.17, 15) is 14.7 Å². The van der Waals surface area contributed by atoms with Crippen LogP contribution in [0.15, 0.2) is 0 Å². The van der Waals surface area contributed by atoms with E-state index in [0.717, 1.165) is 0 Å². The molecule has 0 radical (unpaired) electrons. The smallest absolute Gasteiger partial charge is 0.240 e. The van der Waals surface area contributed by atoms with Crippen molar-refractivity contribution in [3.63, 3.8) is 0 Å². The molecule has 0 bridgehead atoms. The second kappa shape index (κ2) is 4.59. The molecule has 0 aromatic rings. The summed E-state index contributed by atoms with van der Waals surface area (Å²) < 4.78 is 0. The molecule has 0 aliphatic carbocycles. The van der Waals surface area contributed by atoms with E-state index in [1.54, 1.807) is 14.0 Å². The van der Waals surface area contributed by atoms with Crippen LogP contribution < -0.4 is 11.1 Å². The van der Waals surface area contributed by atoms with Crippen molar-refractivity contribution < 1.29 is 14.7 Å². The molecule has 86 valence electrons. The number of carbonyl (C=O) groups is 2. The van der Waals surface area contributed by atoms with Crippen molar-refractivity contribution in [2.45, 2.75) is 31.5 Å². The quantitative estimate of drug-likeness (QED) is 0.509. The highest BCUT2D eigenvalue weighted by atomic mass is 16.3. The zero-order valence-corrected chi connectivity index (χ0v) is 8.93. The van der Waals surface area contributed by atoms with Gasteiger partial charge in [-0.25, -0.2) is 0 Å². The van der Waals surface area contributed by atoms with Crippen LogP contribution in [0.4, 0.5) is 0 Å². The highest BCUT2D eigenvalue weighted by molar-refractivity contribution is 5.89. The van der Waals surface area contributed by atoms with Gasteiger partial charge in [0, 0.05) is 13.0 Å². The molecular formula is C9H17N3O3. The number of likely N-dealkylation sites (N-methyl/N-ethyl adjacent to an activating group) is 1. The summed E-state index contributed by atoms with van der Waals surface area (Å²) in [5.41, 5.74) is 5.17. The van der Waals surface area contributed by atoms with E-state index >= 15 is 0 Å². The van der Waals surface area contributed by atoms with E-state index in [-0.39, 0.29) is 24.9 Å². The van der Waals surface area contributed by atoms with Crippen molar-refractivity contribution in [1.82, 2.24) is 10.2 Å². The summed E-state index contributed by atoms with van der Waals surface area (Å²) in [5.74, 6) is -0.777. The molecule has 6 nitrogen and oxygen atoms in total. The number of hydrogen-bond acceptors (Lipinski definition) is 4. The van der Waals surface area contributed by atoms with Crippen molar-refractivity contribution in [2.24, 2.45) is 5.73 Å². The van der Waals surface area contributed by atoms with Crippen LogP contribution >= 0.6 is 0 Å². The Hall–Kier alpha value is -1.14. The number of amides is 2. The van der Waals surface area contributed by atoms with Crippen LogP contribution in [0.1, 0.15) is 13.3 Å². The predicted molar refractivity (Wildman–Crippen MR) is 53.8 cm³/mol. The first-order valence-electron chi connectivity index (χ1n) is 4.92. The fourth-order valence-corrected chi connectivity index (χ4v) is 1.70. The minimum atomic E-state index is -0.678. The van der Waals surface area contributed by atoms with E-state index in [0.29, 0.717) is 0 Å². The van der Waals surface area contributed by atoms with Crippen molar-refractivity contribution in [1.29, 1.82) is 0 Å². The molecule has 2 amide bonds. The Morgan fingerprint density at radius 2 is 2.20 bits per heavy atom. The molecule has 15 heavy (non-hydrogen) atoms. The maximum absolute atomic E-state index is 11.8. The van der Waals surface area contributed by atoms with Gasteiger partial charge in [0.25, 0.3) is 0 Å². The second-order valence-corrected chi connectivity index (χ2v) is 3.81. The molecule has 1 aliphatic heterocycles. The maximum atomic E-state index is 11.8. The van der Waals surface area contributed by atoms with Gasteiger partial charge in [-0.05, 0) is 14.0 Å². The Kier molecular flexibility index (Phi) is 3.65. The number of nitrogens with one attached hydrogen (secondary N) is 1. The number of carbonyl (C=O) groups excluding carboxylic acids is 2. The maximum Gasteiger partial charge on any atom is 0.240 e. The Morgan fingerprint density at radius 1 is 1.60 bits per heavy atom. The fraction of sp³-hybridized carbons (Fsp3) is 0.778. The summed E-state index contributed by atoms with van der Waals surface area (Å²) in [4.78, 5) is 24.2. The third kappa shape index (κ3) is 2.45. The zero-order valence-electron chi connectivity index (χ0n) is 8.93. The minimum absolute atomic E-state index is 0.179. The average molecular weight is 215 g/mol. The Morgan fingerprint density at radius 3 is 2.67 bits per heavy atom. The molecule has 6 heteroatoms. The molecule has 1 saturated heterocycles. The summed E-state index contributed by atoms with van der Waals surface area (Å²) in [5, 5.41) is 12.2. The first kappa shape index (κ1) is 11.9. The summed E-state index contributed by atoms with van der Waals surface area (Å²) >= 11 is 0. The van der Waals surface area contributed by atoms with E-state index < -0.39 is 18.1 Å². The lowest BCUT2D eigenvalue weighted by Gasteiger charge is -2.24. The van der Waals surface area contributed by atoms with Crippen molar-refractivity contribution in [3.05, 3.63) is 0 Å². The first-order valence-corrected chi connectivity index (χ1v) is 4.92. The van der Waals surface area contributed by atoms with E-state index in [1.165, 1.54) is 4.90 Å². The number of nitrogens with two attached hydrogens (primary N) is 1. The monoisotopic (exact) mass is 215 g/mol. The van der Waals surface area contributed by atoms with Crippen LogP contribution in [0, 0.1) is 0 Å². The molecule has 0 saturated carbocycles. The number of aliphatic hydroxyl groups excluding tert-OH is 1. The lowest BCUT2D eigenvalue weighted by molar-refractivity contribution is -0.138. The van der Waals surface area contributed by atoms with Crippen LogP contribution in [0.2, 0.25) is 0 Å². The highest BCUT2D eigenvalue weighted by Gasteiger charge is 2.38. The predicted octanol–water partition coefficient (Wildman–Crippen LogP) is -1.96. The number of hydrogen-bond donors (Lipinski definition) is 3. The van der Waals surface area contributed by atoms with Gasteiger partial charge >= 0.3 is 0 Å². The molecule has 1 rings (SSSR count). The van der Waals surface area contributed by atoms with Gasteiger partial charge in [0.15, 0.2) is 0 Å². The number of nitrogens with zero attached hydrogens (tertiary/aromatic N) is 1. The molecule has 1 aliphatic rings.